The van der Waals surface area contributed by atoms with Gasteiger partial charge < -0.3 is 4.90 Å². The lowest BCUT2D eigenvalue weighted by Gasteiger charge is -2.27. The summed E-state index contributed by atoms with van der Waals surface area (Å²) >= 11 is 3.76. The van der Waals surface area contributed by atoms with Gasteiger partial charge in [-0.3, -0.25) is 0 Å². The molecule has 0 saturated carbocycles. The second kappa shape index (κ2) is 13.6. The van der Waals surface area contributed by atoms with Gasteiger partial charge in [0, 0.05) is 58.3 Å². The van der Waals surface area contributed by atoms with Crippen molar-refractivity contribution in [3.63, 3.8) is 0 Å². The summed E-state index contributed by atoms with van der Waals surface area (Å²) in [5.41, 5.74) is 11.0. The normalized spacial score (nSPS) is 11.6. The monoisotopic (exact) mass is 749 g/mol. The van der Waals surface area contributed by atoms with Gasteiger partial charge in [0.25, 0.3) is 0 Å². The molecule has 0 atom stereocenters. The van der Waals surface area contributed by atoms with E-state index < -0.39 is 0 Å². The highest BCUT2D eigenvalue weighted by Crippen LogP contribution is 2.42. The predicted octanol–water partition coefficient (Wildman–Crippen LogP) is 15.9. The summed E-state index contributed by atoms with van der Waals surface area (Å²) < 4.78 is 5.31. The Morgan fingerprint density at radius 3 is 1.84 bits per heavy atom. The molecule has 0 unspecified atom stereocenters. The first-order chi connectivity index (χ1) is 27.7. The van der Waals surface area contributed by atoms with Crippen molar-refractivity contribution in [1.29, 1.82) is 0 Å². The molecule has 3 heteroatoms. The molecule has 9 aromatic carbocycles. The van der Waals surface area contributed by atoms with Gasteiger partial charge in [-0.25, -0.2) is 0 Å². The lowest BCUT2D eigenvalue weighted by atomic mass is 9.97. The molecule has 56 heavy (non-hydrogen) atoms. The summed E-state index contributed by atoms with van der Waals surface area (Å²) in [5.74, 6) is 0. The van der Waals surface area contributed by atoms with E-state index in [4.69, 9.17) is 0 Å². The summed E-state index contributed by atoms with van der Waals surface area (Å²) in [4.78, 5) is 2.48. The number of hydrogen-bond acceptors (Lipinski definition) is 3. The fraction of sp³-hybridized carbons (Fsp3) is 0.0189. The molecule has 0 aliphatic carbocycles. The van der Waals surface area contributed by atoms with Gasteiger partial charge in [0.1, 0.15) is 0 Å². The lowest BCUT2D eigenvalue weighted by molar-refractivity contribution is 0.978. The Morgan fingerprint density at radius 1 is 0.339 bits per heavy atom. The molecule has 0 saturated heterocycles. The van der Waals surface area contributed by atoms with E-state index in [1.807, 2.05) is 22.7 Å². The van der Waals surface area contributed by atoms with Gasteiger partial charge in [0.05, 0.1) is 0 Å². The third kappa shape index (κ3) is 5.76. The summed E-state index contributed by atoms with van der Waals surface area (Å²) in [6.45, 7) is 0.715. The second-order valence-electron chi connectivity index (χ2n) is 14.5. The Labute approximate surface area is 334 Å². The van der Waals surface area contributed by atoms with Crippen LogP contribution < -0.4 is 4.90 Å². The fourth-order valence-electron chi connectivity index (χ4n) is 8.35. The quantitative estimate of drug-likeness (QED) is 0.157. The molecule has 0 N–H and O–H groups in total. The number of hydrogen-bond donors (Lipinski definition) is 0. The molecule has 0 spiro atoms. The third-order valence-electron chi connectivity index (χ3n) is 11.2. The first-order valence-electron chi connectivity index (χ1n) is 19.1. The topological polar surface area (TPSA) is 3.24 Å². The number of anilines is 2. The Hall–Kier alpha value is -6.52. The third-order valence-corrected chi connectivity index (χ3v) is 13.5. The van der Waals surface area contributed by atoms with Crippen molar-refractivity contribution in [2.24, 2.45) is 0 Å². The van der Waals surface area contributed by atoms with Crippen molar-refractivity contribution in [1.82, 2.24) is 0 Å². The minimum Gasteiger partial charge on any atom is -0.337 e. The van der Waals surface area contributed by atoms with Crippen LogP contribution in [-0.2, 0) is 6.54 Å². The van der Waals surface area contributed by atoms with E-state index in [1.54, 1.807) is 0 Å². The predicted molar refractivity (Wildman–Crippen MR) is 245 cm³/mol. The van der Waals surface area contributed by atoms with Crippen LogP contribution >= 0.6 is 22.7 Å². The molecule has 0 aliphatic heterocycles. The number of rotatable bonds is 7. The van der Waals surface area contributed by atoms with Gasteiger partial charge >= 0.3 is 0 Å². The van der Waals surface area contributed by atoms with Crippen LogP contribution in [0.3, 0.4) is 0 Å². The molecule has 0 fully saturated rings. The highest BCUT2D eigenvalue weighted by molar-refractivity contribution is 7.26. The van der Waals surface area contributed by atoms with Gasteiger partial charge in [-0.1, -0.05) is 152 Å². The minimum absolute atomic E-state index is 0.715. The lowest BCUT2D eigenvalue weighted by Crippen LogP contribution is -2.17. The maximum absolute atomic E-state index is 2.48. The average Bonchev–Trinajstić information content (AvgIpc) is 3.84. The van der Waals surface area contributed by atoms with Crippen LogP contribution in [0.15, 0.2) is 200 Å². The van der Waals surface area contributed by atoms with Crippen LogP contribution in [0.5, 0.6) is 0 Å². The van der Waals surface area contributed by atoms with Crippen LogP contribution in [0, 0.1) is 0 Å². The smallest absolute Gasteiger partial charge is 0.0487 e. The van der Waals surface area contributed by atoms with Crippen LogP contribution in [0.1, 0.15) is 5.56 Å². The highest BCUT2D eigenvalue weighted by Gasteiger charge is 2.17. The number of nitrogens with zero attached hydrogens (tertiary/aromatic N) is 1. The van der Waals surface area contributed by atoms with Gasteiger partial charge in [-0.2, -0.15) is 0 Å². The van der Waals surface area contributed by atoms with Gasteiger partial charge in [-0.15, -0.1) is 22.7 Å². The zero-order chi connectivity index (χ0) is 37.0. The first kappa shape index (κ1) is 32.9. The molecule has 0 bridgehead atoms. The highest BCUT2D eigenvalue weighted by atomic mass is 32.1. The Kier molecular flexibility index (Phi) is 8.01. The van der Waals surface area contributed by atoms with Crippen LogP contribution in [0.4, 0.5) is 11.4 Å². The van der Waals surface area contributed by atoms with Crippen LogP contribution in [0.2, 0.25) is 0 Å². The van der Waals surface area contributed by atoms with Crippen molar-refractivity contribution in [2.45, 2.75) is 6.54 Å². The SMILES string of the molecule is c1cc(-c2cccc3c2sc2ccccc23)cc(N(Cc2ccccc2-c2ccc3c(c2)sc2ccccc23)c2ccc(-c3ccc4ccccc4c3)cc2)c1. The maximum atomic E-state index is 2.48. The van der Waals surface area contributed by atoms with Crippen molar-refractivity contribution < 1.29 is 0 Å². The minimum atomic E-state index is 0.715. The summed E-state index contributed by atoms with van der Waals surface area (Å²) in [7, 11) is 0. The van der Waals surface area contributed by atoms with Crippen molar-refractivity contribution >= 4 is 85.2 Å². The molecule has 264 valence electrons. The summed E-state index contributed by atoms with van der Waals surface area (Å²) in [6, 6.07) is 73.7. The van der Waals surface area contributed by atoms with E-state index in [9.17, 15) is 0 Å². The Balaban J connectivity index is 1.02. The number of fused-ring (bicyclic) bond motifs is 7. The molecule has 0 radical (unpaired) electrons. The molecule has 2 aromatic heterocycles. The molecule has 0 amide bonds. The van der Waals surface area contributed by atoms with E-state index in [-0.39, 0.29) is 0 Å². The molecule has 1 nitrogen and oxygen atoms in total. The summed E-state index contributed by atoms with van der Waals surface area (Å²) in [6.07, 6.45) is 0. The number of benzene rings is 9. The Bertz CT molecular complexity index is 3240. The molecular weight excluding hydrogens is 715 g/mol. The van der Waals surface area contributed by atoms with E-state index in [2.05, 4.69) is 205 Å². The standard InChI is InChI=1S/C53H35NS2/c1-2-12-37-31-38(24-23-35(37)11-1)36-25-28-42(29-26-36)54(43-15-9-14-39(32-43)45-19-10-20-49-47-18-6-8-22-51(47)56-53(45)49)34-41-13-3-4-16-44(41)40-27-30-48-46-17-5-7-21-50(46)55-52(48)33-40/h1-33H,34H2. The average molecular weight is 750 g/mol. The second-order valence-corrected chi connectivity index (χ2v) is 16.6. The van der Waals surface area contributed by atoms with Crippen molar-refractivity contribution in [3.05, 3.63) is 206 Å². The fourth-order valence-corrected chi connectivity index (χ4v) is 10.7. The van der Waals surface area contributed by atoms with E-state index in [0.717, 1.165) is 11.4 Å². The molecule has 2 heterocycles. The zero-order valence-electron chi connectivity index (χ0n) is 30.5. The first-order valence-corrected chi connectivity index (χ1v) is 20.7. The molecule has 0 aliphatic rings. The zero-order valence-corrected chi connectivity index (χ0v) is 32.2. The van der Waals surface area contributed by atoms with Crippen LogP contribution in [0.25, 0.3) is 84.5 Å². The largest absolute Gasteiger partial charge is 0.337 e. The van der Waals surface area contributed by atoms with E-state index in [1.165, 1.54) is 90.1 Å². The molecule has 11 rings (SSSR count). The van der Waals surface area contributed by atoms with Gasteiger partial charge in [0.15, 0.2) is 0 Å². The van der Waals surface area contributed by atoms with Gasteiger partial charge in [-0.05, 0) is 98.2 Å². The molecule has 11 aromatic rings. The number of thiophene rings is 2. The maximum Gasteiger partial charge on any atom is 0.0487 e. The van der Waals surface area contributed by atoms with Crippen LogP contribution in [-0.4, -0.2) is 0 Å². The van der Waals surface area contributed by atoms with Gasteiger partial charge in [0.2, 0.25) is 0 Å². The Morgan fingerprint density at radius 2 is 0.964 bits per heavy atom. The van der Waals surface area contributed by atoms with E-state index in [0.29, 0.717) is 6.54 Å². The molecular formula is C53H35NS2. The summed E-state index contributed by atoms with van der Waals surface area (Å²) in [5, 5.41) is 7.81. The van der Waals surface area contributed by atoms with E-state index >= 15 is 0 Å². The van der Waals surface area contributed by atoms with Crippen molar-refractivity contribution in [3.8, 4) is 33.4 Å². The van der Waals surface area contributed by atoms with Crippen molar-refractivity contribution in [2.75, 3.05) is 4.90 Å².